The van der Waals surface area contributed by atoms with E-state index in [2.05, 4.69) is 21.2 Å². The molecule has 10 heteroatoms. The van der Waals surface area contributed by atoms with E-state index < -0.39 is 28.5 Å². The second-order valence-corrected chi connectivity index (χ2v) is 14.0. The Balaban J connectivity index is 1.79. The molecule has 4 aromatic carbocycles. The molecule has 0 aliphatic carbocycles. The summed E-state index contributed by atoms with van der Waals surface area (Å²) in [6, 6.07) is 29.0. The fourth-order valence-electron chi connectivity index (χ4n) is 4.96. The molecule has 1 atom stereocenters. The number of ether oxygens (including phenoxy) is 1. The molecule has 0 fully saturated rings. The molecule has 1 N–H and O–H groups in total. The molecular formula is C36H40BrN3O5S. The van der Waals surface area contributed by atoms with Gasteiger partial charge in [-0.3, -0.25) is 13.9 Å². The summed E-state index contributed by atoms with van der Waals surface area (Å²) in [5.41, 5.74) is 2.95. The maximum Gasteiger partial charge on any atom is 0.264 e. The Kier molecular flexibility index (Phi) is 12.0. The SMILES string of the molecule is CCOc1ccc(S(=O)(=O)N(CC(=O)N(Cc2ccc(Br)cc2)[C@@H](Cc2ccccc2)C(=O)NC(C)C)c2ccc(C)cc2)cc1. The zero-order valence-corrected chi connectivity index (χ0v) is 28.9. The highest BCUT2D eigenvalue weighted by atomic mass is 79.9. The average Bonchev–Trinajstić information content (AvgIpc) is 3.03. The summed E-state index contributed by atoms with van der Waals surface area (Å²) in [6.07, 6.45) is 0.248. The third kappa shape index (κ3) is 9.20. The summed E-state index contributed by atoms with van der Waals surface area (Å²) < 4.78 is 35.9. The standard InChI is InChI=1S/C36H40BrN3O5S/c1-5-45-32-19-21-33(22-20-32)46(43,44)40(31-17-11-27(4)12-18-31)25-35(41)39(24-29-13-15-30(37)16-14-29)34(36(42)38-26(2)3)23-28-9-7-6-8-10-28/h6-22,26,34H,5,23-25H2,1-4H3,(H,38,42)/t34-/m0/s1. The molecule has 0 saturated carbocycles. The van der Waals surface area contributed by atoms with E-state index in [1.807, 2.05) is 82.3 Å². The van der Waals surface area contributed by atoms with Gasteiger partial charge in [-0.2, -0.15) is 0 Å². The molecule has 0 bridgehead atoms. The molecule has 0 spiro atoms. The van der Waals surface area contributed by atoms with Crippen LogP contribution in [0.4, 0.5) is 5.69 Å². The summed E-state index contributed by atoms with van der Waals surface area (Å²) >= 11 is 3.46. The highest BCUT2D eigenvalue weighted by Gasteiger charge is 2.34. The fraction of sp³-hybridized carbons (Fsp3) is 0.278. The number of benzene rings is 4. The summed E-state index contributed by atoms with van der Waals surface area (Å²) in [5.74, 6) is -0.293. The van der Waals surface area contributed by atoms with Gasteiger partial charge in [0.2, 0.25) is 11.8 Å². The van der Waals surface area contributed by atoms with Crippen LogP contribution in [0.15, 0.2) is 112 Å². The topological polar surface area (TPSA) is 96.0 Å². The maximum atomic E-state index is 14.5. The van der Waals surface area contributed by atoms with Crippen LogP contribution in [0.25, 0.3) is 0 Å². The van der Waals surface area contributed by atoms with E-state index in [0.717, 1.165) is 25.5 Å². The summed E-state index contributed by atoms with van der Waals surface area (Å²) in [6.45, 7) is 7.50. The molecule has 0 aliphatic rings. The number of amides is 2. The van der Waals surface area contributed by atoms with E-state index in [-0.39, 0.29) is 29.8 Å². The molecule has 0 heterocycles. The van der Waals surface area contributed by atoms with E-state index in [1.165, 1.54) is 17.0 Å². The Bertz CT molecular complexity index is 1700. The molecule has 0 radical (unpaired) electrons. The van der Waals surface area contributed by atoms with E-state index in [1.54, 1.807) is 36.4 Å². The monoisotopic (exact) mass is 705 g/mol. The number of nitrogens with zero attached hydrogens (tertiary/aromatic N) is 2. The van der Waals surface area contributed by atoms with Crippen LogP contribution >= 0.6 is 15.9 Å². The molecule has 0 aliphatic heterocycles. The minimum atomic E-state index is -4.21. The van der Waals surface area contributed by atoms with E-state index in [4.69, 9.17) is 4.74 Å². The smallest absolute Gasteiger partial charge is 0.264 e. The molecule has 8 nitrogen and oxygen atoms in total. The van der Waals surface area contributed by atoms with Crippen molar-refractivity contribution in [2.24, 2.45) is 0 Å². The van der Waals surface area contributed by atoms with E-state index >= 15 is 0 Å². The number of nitrogens with one attached hydrogen (secondary N) is 1. The largest absolute Gasteiger partial charge is 0.494 e. The van der Waals surface area contributed by atoms with Crippen molar-refractivity contribution in [3.8, 4) is 5.75 Å². The van der Waals surface area contributed by atoms with Crippen molar-refractivity contribution in [3.05, 3.63) is 124 Å². The predicted molar refractivity (Wildman–Crippen MR) is 185 cm³/mol. The second-order valence-electron chi connectivity index (χ2n) is 11.3. The molecule has 46 heavy (non-hydrogen) atoms. The molecule has 0 saturated heterocycles. The van der Waals surface area contributed by atoms with Crippen molar-refractivity contribution in [2.45, 2.75) is 57.6 Å². The Hall–Kier alpha value is -4.15. The van der Waals surface area contributed by atoms with Gasteiger partial charge in [-0.25, -0.2) is 8.42 Å². The van der Waals surface area contributed by atoms with Gasteiger partial charge in [-0.1, -0.05) is 76.1 Å². The number of hydrogen-bond donors (Lipinski definition) is 1. The van der Waals surface area contributed by atoms with Crippen LogP contribution in [0.1, 0.15) is 37.5 Å². The molecule has 2 amide bonds. The zero-order chi connectivity index (χ0) is 33.3. The summed E-state index contributed by atoms with van der Waals surface area (Å²) in [5, 5.41) is 2.97. The van der Waals surface area contributed by atoms with Gasteiger partial charge in [-0.15, -0.1) is 0 Å². The van der Waals surface area contributed by atoms with Gasteiger partial charge in [0.05, 0.1) is 17.2 Å². The lowest BCUT2D eigenvalue weighted by Gasteiger charge is -2.34. The second kappa shape index (κ2) is 15.9. The van der Waals surface area contributed by atoms with Crippen LogP contribution in [-0.4, -0.2) is 50.4 Å². The van der Waals surface area contributed by atoms with Crippen molar-refractivity contribution in [1.82, 2.24) is 10.2 Å². The van der Waals surface area contributed by atoms with Crippen LogP contribution in [0, 0.1) is 6.92 Å². The highest BCUT2D eigenvalue weighted by molar-refractivity contribution is 9.10. The Morgan fingerprint density at radius 3 is 2.07 bits per heavy atom. The number of aryl methyl sites for hydroxylation is 1. The lowest BCUT2D eigenvalue weighted by molar-refractivity contribution is -0.140. The number of sulfonamides is 1. The molecular weight excluding hydrogens is 666 g/mol. The lowest BCUT2D eigenvalue weighted by Crippen LogP contribution is -2.54. The molecule has 4 aromatic rings. The summed E-state index contributed by atoms with van der Waals surface area (Å²) in [7, 11) is -4.21. The maximum absolute atomic E-state index is 14.5. The normalized spacial score (nSPS) is 12.0. The quantitative estimate of drug-likeness (QED) is 0.161. The number of anilines is 1. The van der Waals surface area contributed by atoms with Gasteiger partial charge in [0.25, 0.3) is 10.0 Å². The first-order chi connectivity index (χ1) is 22.0. The number of carbonyl (C=O) groups excluding carboxylic acids is 2. The first kappa shape index (κ1) is 34.7. The lowest BCUT2D eigenvalue weighted by atomic mass is 10.0. The van der Waals surface area contributed by atoms with Crippen molar-refractivity contribution < 1.29 is 22.7 Å². The number of rotatable bonds is 14. The Morgan fingerprint density at radius 1 is 0.848 bits per heavy atom. The van der Waals surface area contributed by atoms with Crippen LogP contribution < -0.4 is 14.4 Å². The Labute approximate surface area is 280 Å². The minimum Gasteiger partial charge on any atom is -0.494 e. The number of carbonyl (C=O) groups is 2. The minimum absolute atomic E-state index is 0.0159. The highest BCUT2D eigenvalue weighted by Crippen LogP contribution is 2.27. The zero-order valence-electron chi connectivity index (χ0n) is 26.5. The van der Waals surface area contributed by atoms with Crippen molar-refractivity contribution >= 4 is 43.5 Å². The fourth-order valence-corrected chi connectivity index (χ4v) is 6.64. The van der Waals surface area contributed by atoms with Gasteiger partial charge < -0.3 is 15.0 Å². The van der Waals surface area contributed by atoms with Crippen molar-refractivity contribution in [2.75, 3.05) is 17.5 Å². The number of halogens is 1. The van der Waals surface area contributed by atoms with Gasteiger partial charge >= 0.3 is 0 Å². The summed E-state index contributed by atoms with van der Waals surface area (Å²) in [4.78, 5) is 29.8. The number of hydrogen-bond acceptors (Lipinski definition) is 5. The average molecular weight is 707 g/mol. The van der Waals surface area contributed by atoms with Crippen LogP contribution in [-0.2, 0) is 32.6 Å². The van der Waals surface area contributed by atoms with Crippen LogP contribution in [0.2, 0.25) is 0 Å². The Morgan fingerprint density at radius 2 is 1.48 bits per heavy atom. The molecule has 4 rings (SSSR count). The first-order valence-electron chi connectivity index (χ1n) is 15.2. The van der Waals surface area contributed by atoms with Crippen LogP contribution in [0.5, 0.6) is 5.75 Å². The van der Waals surface area contributed by atoms with Crippen LogP contribution in [0.3, 0.4) is 0 Å². The first-order valence-corrected chi connectivity index (χ1v) is 17.4. The van der Waals surface area contributed by atoms with Crippen molar-refractivity contribution in [3.63, 3.8) is 0 Å². The molecule has 0 aromatic heterocycles. The third-order valence-electron chi connectivity index (χ3n) is 7.29. The third-order valence-corrected chi connectivity index (χ3v) is 9.61. The van der Waals surface area contributed by atoms with Gasteiger partial charge in [0.1, 0.15) is 18.3 Å². The van der Waals surface area contributed by atoms with Gasteiger partial charge in [0, 0.05) is 23.5 Å². The molecule has 242 valence electrons. The van der Waals surface area contributed by atoms with Crippen molar-refractivity contribution in [1.29, 1.82) is 0 Å². The molecule has 0 unspecified atom stereocenters. The van der Waals surface area contributed by atoms with E-state index in [9.17, 15) is 18.0 Å². The van der Waals surface area contributed by atoms with Gasteiger partial charge in [0.15, 0.2) is 0 Å². The predicted octanol–water partition coefficient (Wildman–Crippen LogP) is 6.52. The van der Waals surface area contributed by atoms with E-state index in [0.29, 0.717) is 18.0 Å². The van der Waals surface area contributed by atoms with Gasteiger partial charge in [-0.05, 0) is 87.4 Å².